The smallest absolute Gasteiger partial charge is 0.0402 e. The second-order valence-corrected chi connectivity index (χ2v) is 6.37. The van der Waals surface area contributed by atoms with E-state index in [9.17, 15) is 0 Å². The van der Waals surface area contributed by atoms with Crippen LogP contribution in [0.1, 0.15) is 30.0 Å². The van der Waals surface area contributed by atoms with E-state index in [1.54, 1.807) is 0 Å². The molecule has 0 aliphatic carbocycles. The van der Waals surface area contributed by atoms with Crippen LogP contribution in [0.3, 0.4) is 0 Å². The summed E-state index contributed by atoms with van der Waals surface area (Å²) < 4.78 is 0. The molecule has 1 heterocycles. The third-order valence-corrected chi connectivity index (χ3v) is 4.71. The van der Waals surface area contributed by atoms with Crippen LogP contribution in [0.25, 0.3) is 0 Å². The number of thioether (sulfide) groups is 1. The van der Waals surface area contributed by atoms with Gasteiger partial charge in [0.05, 0.1) is 0 Å². The molecule has 16 heavy (non-hydrogen) atoms. The van der Waals surface area contributed by atoms with E-state index in [4.69, 9.17) is 0 Å². The van der Waals surface area contributed by atoms with Crippen molar-refractivity contribution in [3.05, 3.63) is 28.8 Å². The highest BCUT2D eigenvalue weighted by molar-refractivity contribution is 8.00. The van der Waals surface area contributed by atoms with Gasteiger partial charge in [-0.3, -0.25) is 0 Å². The minimum absolute atomic E-state index is 0.644. The Morgan fingerprint density at radius 1 is 1.19 bits per heavy atom. The van der Waals surface area contributed by atoms with Crippen LogP contribution in [0.2, 0.25) is 0 Å². The van der Waals surface area contributed by atoms with Crippen molar-refractivity contribution in [2.45, 2.75) is 45.4 Å². The van der Waals surface area contributed by atoms with Gasteiger partial charge in [-0.25, -0.2) is 0 Å². The highest BCUT2D eigenvalue weighted by atomic mass is 32.2. The zero-order chi connectivity index (χ0) is 11.7. The van der Waals surface area contributed by atoms with Gasteiger partial charge >= 0.3 is 0 Å². The number of hydrogen-bond acceptors (Lipinski definition) is 2. The van der Waals surface area contributed by atoms with Crippen molar-refractivity contribution in [3.63, 3.8) is 0 Å². The molecule has 0 amide bonds. The molecule has 1 saturated heterocycles. The second-order valence-electron chi connectivity index (χ2n) is 4.89. The lowest BCUT2D eigenvalue weighted by atomic mass is 10.0. The first-order valence-electron chi connectivity index (χ1n) is 6.04. The molecule has 2 atom stereocenters. The molecule has 1 nitrogen and oxygen atoms in total. The Morgan fingerprint density at radius 3 is 2.31 bits per heavy atom. The maximum Gasteiger partial charge on any atom is 0.0402 e. The van der Waals surface area contributed by atoms with Gasteiger partial charge in [0.2, 0.25) is 0 Å². The van der Waals surface area contributed by atoms with Gasteiger partial charge in [0.1, 0.15) is 0 Å². The van der Waals surface area contributed by atoms with Crippen molar-refractivity contribution in [1.82, 2.24) is 0 Å². The van der Waals surface area contributed by atoms with Gasteiger partial charge in [-0.15, -0.1) is 0 Å². The molecule has 1 aliphatic rings. The van der Waals surface area contributed by atoms with Gasteiger partial charge in [-0.1, -0.05) is 24.6 Å². The summed E-state index contributed by atoms with van der Waals surface area (Å²) in [6, 6.07) is 5.18. The molecule has 0 spiro atoms. The molecule has 88 valence electrons. The minimum atomic E-state index is 0.644. The Bertz CT molecular complexity index is 363. The predicted octanol–water partition coefficient (Wildman–Crippen LogP) is 3.92. The predicted molar refractivity (Wildman–Crippen MR) is 74.6 cm³/mol. The maximum absolute atomic E-state index is 3.73. The van der Waals surface area contributed by atoms with Crippen molar-refractivity contribution in [1.29, 1.82) is 0 Å². The SMILES string of the molecule is Cc1cc(C)c(NC2CCSC2C)c(C)c1. The lowest BCUT2D eigenvalue weighted by Gasteiger charge is -2.21. The lowest BCUT2D eigenvalue weighted by Crippen LogP contribution is -2.25. The first-order valence-corrected chi connectivity index (χ1v) is 7.09. The Hall–Kier alpha value is -0.630. The van der Waals surface area contributed by atoms with E-state index in [0.29, 0.717) is 6.04 Å². The van der Waals surface area contributed by atoms with Crippen LogP contribution in [-0.2, 0) is 0 Å². The average molecular weight is 235 g/mol. The minimum Gasteiger partial charge on any atom is -0.381 e. The van der Waals surface area contributed by atoms with Crippen LogP contribution in [0, 0.1) is 20.8 Å². The van der Waals surface area contributed by atoms with Gasteiger partial charge in [-0.05, 0) is 44.1 Å². The summed E-state index contributed by atoms with van der Waals surface area (Å²) in [7, 11) is 0. The fourth-order valence-electron chi connectivity index (χ4n) is 2.51. The van der Waals surface area contributed by atoms with E-state index in [-0.39, 0.29) is 0 Å². The monoisotopic (exact) mass is 235 g/mol. The van der Waals surface area contributed by atoms with Crippen molar-refractivity contribution in [2.24, 2.45) is 0 Å². The third-order valence-electron chi connectivity index (χ3n) is 3.38. The largest absolute Gasteiger partial charge is 0.381 e. The molecule has 2 rings (SSSR count). The van der Waals surface area contributed by atoms with E-state index in [1.807, 2.05) is 0 Å². The highest BCUT2D eigenvalue weighted by Crippen LogP contribution is 2.31. The van der Waals surface area contributed by atoms with Crippen LogP contribution < -0.4 is 5.32 Å². The summed E-state index contributed by atoms with van der Waals surface area (Å²) in [6.45, 7) is 8.90. The van der Waals surface area contributed by atoms with E-state index in [1.165, 1.54) is 34.6 Å². The first kappa shape index (κ1) is 11.8. The van der Waals surface area contributed by atoms with E-state index in [0.717, 1.165) is 5.25 Å². The Morgan fingerprint density at radius 2 is 1.81 bits per heavy atom. The van der Waals surface area contributed by atoms with Crippen molar-refractivity contribution >= 4 is 17.4 Å². The van der Waals surface area contributed by atoms with Crippen LogP contribution in [0.15, 0.2) is 12.1 Å². The van der Waals surface area contributed by atoms with Crippen molar-refractivity contribution in [3.8, 4) is 0 Å². The number of anilines is 1. The second kappa shape index (κ2) is 4.70. The summed E-state index contributed by atoms with van der Waals surface area (Å²) in [5.74, 6) is 1.29. The molecule has 0 bridgehead atoms. The van der Waals surface area contributed by atoms with Crippen LogP contribution in [-0.4, -0.2) is 17.0 Å². The molecule has 0 saturated carbocycles. The number of nitrogens with one attached hydrogen (secondary N) is 1. The number of benzene rings is 1. The topological polar surface area (TPSA) is 12.0 Å². The molecule has 1 aromatic rings. The number of rotatable bonds is 2. The van der Waals surface area contributed by atoms with E-state index < -0.39 is 0 Å². The Balaban J connectivity index is 2.21. The first-order chi connectivity index (χ1) is 7.58. The Kier molecular flexibility index (Phi) is 3.48. The van der Waals surface area contributed by atoms with Gasteiger partial charge in [0.25, 0.3) is 0 Å². The third kappa shape index (κ3) is 2.37. The summed E-state index contributed by atoms with van der Waals surface area (Å²) in [5.41, 5.74) is 5.46. The quantitative estimate of drug-likeness (QED) is 0.834. The summed E-state index contributed by atoms with van der Waals surface area (Å²) in [4.78, 5) is 0. The maximum atomic E-state index is 3.73. The zero-order valence-electron chi connectivity index (χ0n) is 10.6. The molecule has 1 N–H and O–H groups in total. The molecule has 1 aliphatic heterocycles. The van der Waals surface area contributed by atoms with Crippen LogP contribution >= 0.6 is 11.8 Å². The van der Waals surface area contributed by atoms with Gasteiger partial charge < -0.3 is 5.32 Å². The van der Waals surface area contributed by atoms with Gasteiger partial charge in [-0.2, -0.15) is 11.8 Å². The summed E-state index contributed by atoms with van der Waals surface area (Å²) in [6.07, 6.45) is 1.29. The van der Waals surface area contributed by atoms with Crippen molar-refractivity contribution < 1.29 is 0 Å². The van der Waals surface area contributed by atoms with Crippen molar-refractivity contribution in [2.75, 3.05) is 11.1 Å². The summed E-state index contributed by atoms with van der Waals surface area (Å²) in [5, 5.41) is 4.47. The fraction of sp³-hybridized carbons (Fsp3) is 0.571. The molecule has 2 unspecified atom stereocenters. The molecule has 1 fully saturated rings. The lowest BCUT2D eigenvalue weighted by molar-refractivity contribution is 0.722. The van der Waals surface area contributed by atoms with E-state index >= 15 is 0 Å². The number of aryl methyl sites for hydroxylation is 3. The fourth-order valence-corrected chi connectivity index (χ4v) is 3.71. The molecule has 1 aromatic carbocycles. The molecule has 0 radical (unpaired) electrons. The summed E-state index contributed by atoms with van der Waals surface area (Å²) >= 11 is 2.08. The van der Waals surface area contributed by atoms with Gasteiger partial charge in [0, 0.05) is 17.0 Å². The highest BCUT2D eigenvalue weighted by Gasteiger charge is 2.24. The van der Waals surface area contributed by atoms with Crippen LogP contribution in [0.5, 0.6) is 0 Å². The average Bonchev–Trinajstić information content (AvgIpc) is 2.57. The molecular formula is C14H21NS. The number of hydrogen-bond donors (Lipinski definition) is 1. The molecular weight excluding hydrogens is 214 g/mol. The standard InChI is InChI=1S/C14H21NS/c1-9-7-10(2)14(11(3)8-9)15-13-5-6-16-12(13)4/h7-8,12-13,15H,5-6H2,1-4H3. The van der Waals surface area contributed by atoms with Gasteiger partial charge in [0.15, 0.2) is 0 Å². The molecule has 2 heteroatoms. The zero-order valence-corrected chi connectivity index (χ0v) is 11.4. The van der Waals surface area contributed by atoms with E-state index in [2.05, 4.69) is 56.9 Å². The normalized spacial score (nSPS) is 24.8. The van der Waals surface area contributed by atoms with Crippen LogP contribution in [0.4, 0.5) is 5.69 Å². The Labute approximate surface area is 103 Å². The molecule has 0 aromatic heterocycles.